The number of nitrogens with zero attached hydrogens (tertiary/aromatic N) is 2. The molecule has 25 heavy (non-hydrogen) atoms. The van der Waals surface area contributed by atoms with Gasteiger partial charge in [0.1, 0.15) is 6.61 Å². The molecule has 0 saturated heterocycles. The van der Waals surface area contributed by atoms with Gasteiger partial charge in [-0.2, -0.15) is 0 Å². The number of halogens is 1. The van der Waals surface area contributed by atoms with Crippen molar-refractivity contribution in [2.24, 2.45) is 5.16 Å². The Balaban J connectivity index is 1.84. The third-order valence-electron chi connectivity index (χ3n) is 4.32. The molecule has 0 fully saturated rings. The Morgan fingerprint density at radius 1 is 1.16 bits per heavy atom. The van der Waals surface area contributed by atoms with E-state index in [9.17, 15) is 0 Å². The van der Waals surface area contributed by atoms with Crippen molar-refractivity contribution in [1.29, 1.82) is 0 Å². The predicted octanol–water partition coefficient (Wildman–Crippen LogP) is 4.21. The standard InChI is InChI=1S/C20H23ClN2O2/c1-23(10-12-24-2)14-17-7-8-18(21)13-19(17)15-3-5-16(6-4-15)20-9-11-25-22-20/h3-8,13H,9-12,14H2,1-2H3. The molecule has 5 heteroatoms. The van der Waals surface area contributed by atoms with E-state index in [2.05, 4.69) is 47.4 Å². The minimum absolute atomic E-state index is 0.670. The lowest BCUT2D eigenvalue weighted by molar-refractivity contribution is 0.158. The zero-order chi connectivity index (χ0) is 17.6. The number of hydrogen-bond acceptors (Lipinski definition) is 4. The van der Waals surface area contributed by atoms with Crippen LogP contribution in [0, 0.1) is 0 Å². The number of likely N-dealkylation sites (N-methyl/N-ethyl adjacent to an activating group) is 1. The van der Waals surface area contributed by atoms with Crippen LogP contribution >= 0.6 is 11.6 Å². The Bertz CT molecular complexity index is 744. The van der Waals surface area contributed by atoms with Gasteiger partial charge in [0.15, 0.2) is 0 Å². The average molecular weight is 359 g/mol. The number of ether oxygens (including phenoxy) is 1. The van der Waals surface area contributed by atoms with Crippen LogP contribution < -0.4 is 0 Å². The second-order valence-corrected chi connectivity index (χ2v) is 6.67. The van der Waals surface area contributed by atoms with Gasteiger partial charge in [-0.05, 0) is 41.4 Å². The van der Waals surface area contributed by atoms with E-state index >= 15 is 0 Å². The molecular formula is C20H23ClN2O2. The van der Waals surface area contributed by atoms with Crippen molar-refractivity contribution in [3.63, 3.8) is 0 Å². The second kappa shape index (κ2) is 8.48. The molecule has 3 rings (SSSR count). The van der Waals surface area contributed by atoms with Gasteiger partial charge in [-0.1, -0.05) is 47.1 Å². The molecule has 1 aliphatic rings. The van der Waals surface area contributed by atoms with E-state index in [0.717, 1.165) is 53.5 Å². The van der Waals surface area contributed by atoms with Crippen LogP contribution in [0.15, 0.2) is 47.6 Å². The van der Waals surface area contributed by atoms with Crippen LogP contribution in [-0.4, -0.2) is 44.5 Å². The maximum atomic E-state index is 6.25. The molecule has 132 valence electrons. The summed E-state index contributed by atoms with van der Waals surface area (Å²) in [5, 5.41) is 4.83. The third-order valence-corrected chi connectivity index (χ3v) is 4.56. The summed E-state index contributed by atoms with van der Waals surface area (Å²) in [6.45, 7) is 3.12. The van der Waals surface area contributed by atoms with Crippen molar-refractivity contribution in [2.45, 2.75) is 13.0 Å². The van der Waals surface area contributed by atoms with Gasteiger partial charge in [0.2, 0.25) is 0 Å². The summed E-state index contributed by atoms with van der Waals surface area (Å²) in [7, 11) is 3.82. The molecular weight excluding hydrogens is 336 g/mol. The monoisotopic (exact) mass is 358 g/mol. The highest BCUT2D eigenvalue weighted by Gasteiger charge is 2.12. The van der Waals surface area contributed by atoms with Gasteiger partial charge in [0.25, 0.3) is 0 Å². The fraction of sp³-hybridized carbons (Fsp3) is 0.350. The first-order valence-corrected chi connectivity index (χ1v) is 8.80. The summed E-state index contributed by atoms with van der Waals surface area (Å²) in [6.07, 6.45) is 0.867. The molecule has 0 amide bonds. The van der Waals surface area contributed by atoms with Gasteiger partial charge in [0.05, 0.1) is 12.3 Å². The van der Waals surface area contributed by atoms with E-state index in [1.807, 2.05) is 12.1 Å². The first-order chi connectivity index (χ1) is 12.2. The Morgan fingerprint density at radius 2 is 1.92 bits per heavy atom. The molecule has 4 nitrogen and oxygen atoms in total. The molecule has 0 aromatic heterocycles. The predicted molar refractivity (Wildman–Crippen MR) is 102 cm³/mol. The Labute approximate surface area is 154 Å². The highest BCUT2D eigenvalue weighted by molar-refractivity contribution is 6.30. The third kappa shape index (κ3) is 4.60. The van der Waals surface area contributed by atoms with Crippen molar-refractivity contribution in [2.75, 3.05) is 33.9 Å². The van der Waals surface area contributed by atoms with Gasteiger partial charge >= 0.3 is 0 Å². The summed E-state index contributed by atoms with van der Waals surface area (Å²) >= 11 is 6.25. The highest BCUT2D eigenvalue weighted by Crippen LogP contribution is 2.28. The summed E-state index contributed by atoms with van der Waals surface area (Å²) < 4.78 is 5.16. The van der Waals surface area contributed by atoms with E-state index in [1.165, 1.54) is 5.56 Å². The van der Waals surface area contributed by atoms with E-state index in [4.69, 9.17) is 21.2 Å². The molecule has 0 saturated carbocycles. The van der Waals surface area contributed by atoms with Crippen molar-refractivity contribution >= 4 is 17.3 Å². The zero-order valence-electron chi connectivity index (χ0n) is 14.7. The number of hydrogen-bond donors (Lipinski definition) is 0. The van der Waals surface area contributed by atoms with Crippen molar-refractivity contribution in [3.05, 3.63) is 58.6 Å². The lowest BCUT2D eigenvalue weighted by Gasteiger charge is -2.19. The van der Waals surface area contributed by atoms with Crippen LogP contribution in [0.5, 0.6) is 0 Å². The number of oxime groups is 1. The van der Waals surface area contributed by atoms with Crippen molar-refractivity contribution < 1.29 is 9.57 Å². The molecule has 0 aliphatic carbocycles. The van der Waals surface area contributed by atoms with Crippen LogP contribution in [0.3, 0.4) is 0 Å². The molecule has 2 aromatic rings. The topological polar surface area (TPSA) is 34.1 Å². The maximum Gasteiger partial charge on any atom is 0.122 e. The molecule has 0 bridgehead atoms. The van der Waals surface area contributed by atoms with E-state index < -0.39 is 0 Å². The first kappa shape index (κ1) is 17.9. The second-order valence-electron chi connectivity index (χ2n) is 6.23. The molecule has 0 N–H and O–H groups in total. The molecule has 1 heterocycles. The van der Waals surface area contributed by atoms with E-state index in [0.29, 0.717) is 6.61 Å². The molecule has 0 atom stereocenters. The summed E-state index contributed by atoms with van der Waals surface area (Å²) in [6, 6.07) is 14.5. The lowest BCUT2D eigenvalue weighted by Crippen LogP contribution is -2.22. The SMILES string of the molecule is COCCN(C)Cc1ccc(Cl)cc1-c1ccc(C2=NOCC2)cc1. The number of benzene rings is 2. The smallest absolute Gasteiger partial charge is 0.122 e. The average Bonchev–Trinajstić information content (AvgIpc) is 3.16. The molecule has 0 unspecified atom stereocenters. The van der Waals surface area contributed by atoms with E-state index in [1.54, 1.807) is 7.11 Å². The molecule has 0 spiro atoms. The summed E-state index contributed by atoms with van der Waals surface area (Å²) in [4.78, 5) is 7.34. The van der Waals surface area contributed by atoms with Crippen LogP contribution in [-0.2, 0) is 16.1 Å². The van der Waals surface area contributed by atoms with Gasteiger partial charge in [-0.15, -0.1) is 0 Å². The van der Waals surface area contributed by atoms with Gasteiger partial charge in [0, 0.05) is 31.6 Å². The maximum absolute atomic E-state index is 6.25. The largest absolute Gasteiger partial charge is 0.395 e. The Kier molecular flexibility index (Phi) is 6.08. The van der Waals surface area contributed by atoms with Crippen LogP contribution in [0.4, 0.5) is 0 Å². The van der Waals surface area contributed by atoms with Gasteiger partial charge in [-0.3, -0.25) is 4.90 Å². The minimum Gasteiger partial charge on any atom is -0.395 e. The lowest BCUT2D eigenvalue weighted by atomic mass is 9.97. The molecule has 1 aliphatic heterocycles. The first-order valence-electron chi connectivity index (χ1n) is 8.43. The van der Waals surface area contributed by atoms with Crippen molar-refractivity contribution in [3.8, 4) is 11.1 Å². The van der Waals surface area contributed by atoms with Gasteiger partial charge < -0.3 is 9.57 Å². The number of rotatable bonds is 7. The number of methoxy groups -OCH3 is 1. The van der Waals surface area contributed by atoms with Crippen LogP contribution in [0.2, 0.25) is 5.02 Å². The molecule has 2 aromatic carbocycles. The normalized spacial score (nSPS) is 13.8. The van der Waals surface area contributed by atoms with Crippen LogP contribution in [0.25, 0.3) is 11.1 Å². The fourth-order valence-corrected chi connectivity index (χ4v) is 3.10. The fourth-order valence-electron chi connectivity index (χ4n) is 2.92. The molecule has 0 radical (unpaired) electrons. The Hall–Kier alpha value is -1.88. The summed E-state index contributed by atoms with van der Waals surface area (Å²) in [5.74, 6) is 0. The highest BCUT2D eigenvalue weighted by atomic mass is 35.5. The minimum atomic E-state index is 0.670. The van der Waals surface area contributed by atoms with Crippen LogP contribution in [0.1, 0.15) is 17.5 Å². The summed E-state index contributed by atoms with van der Waals surface area (Å²) in [5.41, 5.74) is 5.69. The van der Waals surface area contributed by atoms with E-state index in [-0.39, 0.29) is 0 Å². The van der Waals surface area contributed by atoms with Gasteiger partial charge in [-0.25, -0.2) is 0 Å². The zero-order valence-corrected chi connectivity index (χ0v) is 15.4. The van der Waals surface area contributed by atoms with Crippen molar-refractivity contribution in [1.82, 2.24) is 4.90 Å². The Morgan fingerprint density at radius 3 is 2.60 bits per heavy atom. The quantitative estimate of drug-likeness (QED) is 0.743.